The van der Waals surface area contributed by atoms with Crippen LogP contribution in [0.25, 0.3) is 22.3 Å². The number of aliphatic hydroxyl groups is 1. The van der Waals surface area contributed by atoms with Crippen molar-refractivity contribution >= 4 is 11.0 Å². The number of aromatic nitrogens is 3. The minimum Gasteiger partial charge on any atom is -0.478 e. The number of hydrogen-bond donors (Lipinski definition) is 1. The Kier molecular flexibility index (Phi) is 6.35. The van der Waals surface area contributed by atoms with E-state index in [1.807, 2.05) is 13.0 Å². The van der Waals surface area contributed by atoms with Crippen LogP contribution in [0.4, 0.5) is 0 Å². The Bertz CT molecular complexity index is 958. The molecule has 0 amide bonds. The van der Waals surface area contributed by atoms with Crippen molar-refractivity contribution in [2.75, 3.05) is 13.2 Å². The van der Waals surface area contributed by atoms with Crippen LogP contribution in [0.5, 0.6) is 5.88 Å². The first-order valence-electron chi connectivity index (χ1n) is 10.3. The third-order valence-electron chi connectivity index (χ3n) is 5.35. The van der Waals surface area contributed by atoms with E-state index < -0.39 is 0 Å². The second kappa shape index (κ2) is 8.74. The van der Waals surface area contributed by atoms with Crippen LogP contribution in [0.1, 0.15) is 57.0 Å². The zero-order valence-corrected chi connectivity index (χ0v) is 17.6. The highest BCUT2D eigenvalue weighted by Gasteiger charge is 2.19. The molecular weight excluding hydrogens is 350 g/mol. The van der Waals surface area contributed by atoms with Crippen molar-refractivity contribution < 1.29 is 9.84 Å². The summed E-state index contributed by atoms with van der Waals surface area (Å²) in [5.41, 5.74) is 7.49. The zero-order valence-electron chi connectivity index (χ0n) is 17.6. The summed E-state index contributed by atoms with van der Waals surface area (Å²) in [4.78, 5) is 9.78. The van der Waals surface area contributed by atoms with Crippen LogP contribution in [0, 0.1) is 6.92 Å². The summed E-state index contributed by atoms with van der Waals surface area (Å²) in [6, 6.07) is 6.32. The number of aryl methyl sites for hydroxylation is 3. The molecule has 0 spiro atoms. The molecule has 28 heavy (non-hydrogen) atoms. The Hall–Kier alpha value is -2.40. The zero-order chi connectivity index (χ0) is 20.3. The lowest BCUT2D eigenvalue weighted by atomic mass is 10.0. The van der Waals surface area contributed by atoms with Crippen LogP contribution in [-0.4, -0.2) is 32.9 Å². The van der Waals surface area contributed by atoms with E-state index in [0.717, 1.165) is 52.8 Å². The van der Waals surface area contributed by atoms with Gasteiger partial charge in [-0.1, -0.05) is 20.8 Å². The van der Waals surface area contributed by atoms with Gasteiger partial charge in [-0.2, -0.15) is 0 Å². The molecule has 0 unspecified atom stereocenters. The van der Waals surface area contributed by atoms with Gasteiger partial charge in [0.15, 0.2) is 0 Å². The normalized spacial score (nSPS) is 12.5. The number of rotatable bonds is 8. The summed E-state index contributed by atoms with van der Waals surface area (Å²) in [6.07, 6.45) is 4.70. The lowest BCUT2D eigenvalue weighted by Crippen LogP contribution is -2.11. The molecule has 1 N–H and O–H groups in total. The minimum atomic E-state index is 0.0758. The van der Waals surface area contributed by atoms with Crippen molar-refractivity contribution in [2.24, 2.45) is 0 Å². The van der Waals surface area contributed by atoms with Gasteiger partial charge in [0, 0.05) is 17.8 Å². The second-order valence-electron chi connectivity index (χ2n) is 7.11. The van der Waals surface area contributed by atoms with Gasteiger partial charge in [-0.25, -0.2) is 9.97 Å². The molecule has 0 aromatic carbocycles. The molecule has 0 aliphatic carbocycles. The second-order valence-corrected chi connectivity index (χ2v) is 7.11. The highest BCUT2D eigenvalue weighted by Crippen LogP contribution is 2.33. The smallest absolute Gasteiger partial charge is 0.213 e. The van der Waals surface area contributed by atoms with Gasteiger partial charge >= 0.3 is 0 Å². The highest BCUT2D eigenvalue weighted by atomic mass is 16.5. The predicted octanol–water partition coefficient (Wildman–Crippen LogP) is 4.87. The van der Waals surface area contributed by atoms with E-state index >= 15 is 0 Å². The Morgan fingerprint density at radius 2 is 1.89 bits per heavy atom. The maximum atomic E-state index is 9.78. The monoisotopic (exact) mass is 381 g/mol. The molecule has 3 rings (SSSR count). The highest BCUT2D eigenvalue weighted by molar-refractivity contribution is 5.84. The fourth-order valence-electron chi connectivity index (χ4n) is 3.78. The van der Waals surface area contributed by atoms with E-state index in [-0.39, 0.29) is 12.6 Å². The van der Waals surface area contributed by atoms with Gasteiger partial charge in [-0.05, 0) is 56.4 Å². The topological polar surface area (TPSA) is 60.2 Å². The molecule has 0 saturated carbocycles. The molecule has 0 radical (unpaired) electrons. The Morgan fingerprint density at radius 3 is 2.50 bits per heavy atom. The fraction of sp³-hybridized carbons (Fsp3) is 0.478. The maximum absolute atomic E-state index is 9.78. The van der Waals surface area contributed by atoms with E-state index in [1.54, 1.807) is 0 Å². The van der Waals surface area contributed by atoms with Crippen LogP contribution in [-0.2, 0) is 12.8 Å². The lowest BCUT2D eigenvalue weighted by Gasteiger charge is -2.17. The molecule has 3 aromatic heterocycles. The fourth-order valence-corrected chi connectivity index (χ4v) is 3.78. The predicted molar refractivity (Wildman–Crippen MR) is 114 cm³/mol. The van der Waals surface area contributed by atoms with E-state index in [1.165, 1.54) is 5.56 Å². The molecule has 150 valence electrons. The molecule has 3 heterocycles. The van der Waals surface area contributed by atoms with E-state index in [9.17, 15) is 5.11 Å². The van der Waals surface area contributed by atoms with Gasteiger partial charge in [0.05, 0.1) is 41.7 Å². The number of hydrogen-bond acceptors (Lipinski definition) is 4. The van der Waals surface area contributed by atoms with Crippen LogP contribution >= 0.6 is 0 Å². The van der Waals surface area contributed by atoms with Crippen molar-refractivity contribution in [1.82, 2.24) is 14.5 Å². The number of fused-ring (bicyclic) bond motifs is 1. The average molecular weight is 382 g/mol. The Balaban J connectivity index is 2.21. The van der Waals surface area contributed by atoms with Crippen molar-refractivity contribution in [3.8, 4) is 17.1 Å². The summed E-state index contributed by atoms with van der Waals surface area (Å²) in [5, 5.41) is 9.78. The first kappa shape index (κ1) is 20.3. The van der Waals surface area contributed by atoms with Crippen molar-refractivity contribution in [3.05, 3.63) is 41.2 Å². The molecule has 0 saturated heterocycles. The first-order chi connectivity index (χ1) is 13.6. The van der Waals surface area contributed by atoms with Crippen molar-refractivity contribution in [3.63, 3.8) is 0 Å². The number of ether oxygens (including phenoxy) is 1. The Morgan fingerprint density at radius 1 is 1.11 bits per heavy atom. The molecular formula is C23H31N3O2. The van der Waals surface area contributed by atoms with E-state index in [0.29, 0.717) is 12.5 Å². The Labute approximate surface area is 167 Å². The summed E-state index contributed by atoms with van der Waals surface area (Å²) >= 11 is 0. The van der Waals surface area contributed by atoms with Gasteiger partial charge in [-0.3, -0.25) is 0 Å². The average Bonchev–Trinajstić information content (AvgIpc) is 3.03. The third-order valence-corrected chi connectivity index (χ3v) is 5.35. The quantitative estimate of drug-likeness (QED) is 0.604. The number of pyridine rings is 2. The van der Waals surface area contributed by atoms with E-state index in [4.69, 9.17) is 14.7 Å². The van der Waals surface area contributed by atoms with E-state index in [2.05, 4.69) is 50.6 Å². The number of aliphatic hydroxyl groups excluding tert-OH is 1. The van der Waals surface area contributed by atoms with Gasteiger partial charge in [-0.15, -0.1) is 0 Å². The number of nitrogens with zero attached hydrogens (tertiary/aromatic N) is 3. The summed E-state index contributed by atoms with van der Waals surface area (Å²) in [5.74, 6) is 0.665. The molecule has 3 aromatic rings. The van der Waals surface area contributed by atoms with Gasteiger partial charge in [0.2, 0.25) is 5.88 Å². The first-order valence-corrected chi connectivity index (χ1v) is 10.3. The van der Waals surface area contributed by atoms with Gasteiger partial charge in [0.25, 0.3) is 0 Å². The van der Waals surface area contributed by atoms with Gasteiger partial charge in [0.1, 0.15) is 0 Å². The third kappa shape index (κ3) is 3.63. The molecule has 1 atom stereocenters. The van der Waals surface area contributed by atoms with Crippen molar-refractivity contribution in [1.29, 1.82) is 0 Å². The molecule has 0 aliphatic heterocycles. The summed E-state index contributed by atoms with van der Waals surface area (Å²) < 4.78 is 7.76. The van der Waals surface area contributed by atoms with Crippen LogP contribution in [0.15, 0.2) is 24.4 Å². The maximum Gasteiger partial charge on any atom is 0.213 e. The summed E-state index contributed by atoms with van der Waals surface area (Å²) in [6.45, 7) is 11.2. The van der Waals surface area contributed by atoms with Gasteiger partial charge < -0.3 is 14.4 Å². The minimum absolute atomic E-state index is 0.0758. The standard InChI is InChI=1S/C23H31N3O2/c1-6-16-12-20-22(15(5)13-26(20)17(7-2)14-27)25-23(16)18-10-11-21(28-9-4)24-19(18)8-3/h10-13,17,27H,6-9,14H2,1-5H3/t17-/m0/s1. The van der Waals surface area contributed by atoms with Crippen molar-refractivity contribution in [2.45, 2.75) is 59.9 Å². The summed E-state index contributed by atoms with van der Waals surface area (Å²) in [7, 11) is 0. The molecule has 0 fully saturated rings. The van der Waals surface area contributed by atoms with Crippen LogP contribution in [0.2, 0.25) is 0 Å². The molecule has 5 nitrogen and oxygen atoms in total. The molecule has 0 aliphatic rings. The molecule has 0 bridgehead atoms. The SMILES string of the molecule is CCOc1ccc(-c2nc3c(C)cn([C@@H](CC)CO)c3cc2CC)c(CC)n1. The largest absolute Gasteiger partial charge is 0.478 e. The lowest BCUT2D eigenvalue weighted by molar-refractivity contribution is 0.227. The van der Waals surface area contributed by atoms with Crippen LogP contribution < -0.4 is 4.74 Å². The molecule has 5 heteroatoms. The van der Waals surface area contributed by atoms with Crippen LogP contribution in [0.3, 0.4) is 0 Å².